The third kappa shape index (κ3) is 4.10. The van der Waals surface area contributed by atoms with Gasteiger partial charge in [0.15, 0.2) is 0 Å². The van der Waals surface area contributed by atoms with Crippen molar-refractivity contribution in [2.75, 3.05) is 0 Å². The summed E-state index contributed by atoms with van der Waals surface area (Å²) in [7, 11) is 0. The zero-order chi connectivity index (χ0) is 13.7. The molecule has 0 aliphatic heterocycles. The molecule has 6 heteroatoms. The van der Waals surface area contributed by atoms with E-state index >= 15 is 0 Å². The van der Waals surface area contributed by atoms with Gasteiger partial charge >= 0.3 is 0 Å². The number of carbonyl (C=O) groups excluding carboxylic acids is 1. The van der Waals surface area contributed by atoms with E-state index in [1.165, 1.54) is 11.8 Å². The molecule has 2 rings (SSSR count). The van der Waals surface area contributed by atoms with Crippen LogP contribution in [0.25, 0.3) is 0 Å². The number of nitrogens with one attached hydrogen (secondary N) is 1. The molecule has 100 valence electrons. The molecule has 0 saturated carbocycles. The Morgan fingerprint density at radius 3 is 2.74 bits per heavy atom. The smallest absolute Gasteiger partial charge is 0.276 e. The standard InChI is InChI=1S/C13H15N3O2S/c1-9(2)19-13-16-15-11(18-13)8-14-12(17)10-6-4-3-5-7-10/h3-7,9H,8H2,1-2H3,(H,14,17). The van der Waals surface area contributed by atoms with Gasteiger partial charge in [-0.2, -0.15) is 0 Å². The molecule has 0 unspecified atom stereocenters. The van der Waals surface area contributed by atoms with Gasteiger partial charge in [-0.25, -0.2) is 0 Å². The second-order valence-electron chi connectivity index (χ2n) is 4.18. The minimum atomic E-state index is -0.156. The fraction of sp³-hybridized carbons (Fsp3) is 0.308. The van der Waals surface area contributed by atoms with Crippen LogP contribution < -0.4 is 5.32 Å². The quantitative estimate of drug-likeness (QED) is 0.850. The summed E-state index contributed by atoms with van der Waals surface area (Å²) >= 11 is 1.50. The van der Waals surface area contributed by atoms with E-state index in [4.69, 9.17) is 4.42 Å². The Labute approximate surface area is 115 Å². The highest BCUT2D eigenvalue weighted by atomic mass is 32.2. The van der Waals surface area contributed by atoms with Gasteiger partial charge in [-0.1, -0.05) is 43.8 Å². The average molecular weight is 277 g/mol. The van der Waals surface area contributed by atoms with Crippen molar-refractivity contribution < 1.29 is 9.21 Å². The van der Waals surface area contributed by atoms with E-state index in [1.807, 2.05) is 32.0 Å². The minimum Gasteiger partial charge on any atom is -0.414 e. The summed E-state index contributed by atoms with van der Waals surface area (Å²) in [5.74, 6) is 0.254. The van der Waals surface area contributed by atoms with Gasteiger partial charge in [-0.15, -0.1) is 10.2 Å². The van der Waals surface area contributed by atoms with Gasteiger partial charge < -0.3 is 9.73 Å². The van der Waals surface area contributed by atoms with Crippen molar-refractivity contribution in [3.8, 4) is 0 Å². The highest BCUT2D eigenvalue weighted by Gasteiger charge is 2.10. The first-order chi connectivity index (χ1) is 9.15. The lowest BCUT2D eigenvalue weighted by Crippen LogP contribution is -2.22. The number of hydrogen-bond donors (Lipinski definition) is 1. The van der Waals surface area contributed by atoms with Gasteiger partial charge in [0.2, 0.25) is 5.89 Å². The topological polar surface area (TPSA) is 68.0 Å². The average Bonchev–Trinajstić information content (AvgIpc) is 2.84. The zero-order valence-electron chi connectivity index (χ0n) is 10.8. The van der Waals surface area contributed by atoms with Crippen LogP contribution in [0.5, 0.6) is 0 Å². The van der Waals surface area contributed by atoms with Crippen LogP contribution in [0.2, 0.25) is 0 Å². The maximum atomic E-state index is 11.8. The fourth-order valence-corrected chi connectivity index (χ4v) is 2.04. The van der Waals surface area contributed by atoms with Crippen LogP contribution in [-0.2, 0) is 6.54 Å². The summed E-state index contributed by atoms with van der Waals surface area (Å²) in [5, 5.41) is 11.4. The second kappa shape index (κ2) is 6.38. The Hall–Kier alpha value is -1.82. The lowest BCUT2D eigenvalue weighted by atomic mass is 10.2. The highest BCUT2D eigenvalue weighted by Crippen LogP contribution is 2.20. The van der Waals surface area contributed by atoms with Crippen LogP contribution in [0, 0.1) is 0 Å². The molecule has 5 nitrogen and oxygen atoms in total. The zero-order valence-corrected chi connectivity index (χ0v) is 11.6. The Morgan fingerprint density at radius 1 is 1.32 bits per heavy atom. The summed E-state index contributed by atoms with van der Waals surface area (Å²) in [6.45, 7) is 4.33. The monoisotopic (exact) mass is 277 g/mol. The third-order valence-electron chi connectivity index (χ3n) is 2.22. The number of aromatic nitrogens is 2. The Morgan fingerprint density at radius 2 is 2.05 bits per heavy atom. The van der Waals surface area contributed by atoms with Crippen molar-refractivity contribution in [3.63, 3.8) is 0 Å². The second-order valence-corrected chi connectivity index (χ2v) is 5.70. The first-order valence-electron chi connectivity index (χ1n) is 5.97. The van der Waals surface area contributed by atoms with Crippen molar-refractivity contribution in [2.24, 2.45) is 0 Å². The lowest BCUT2D eigenvalue weighted by Gasteiger charge is -2.01. The summed E-state index contributed by atoms with van der Waals surface area (Å²) in [5.41, 5.74) is 0.610. The summed E-state index contributed by atoms with van der Waals surface area (Å²) in [6.07, 6.45) is 0. The van der Waals surface area contributed by atoms with Gasteiger partial charge in [0.05, 0.1) is 6.54 Å². The van der Waals surface area contributed by atoms with Crippen LogP contribution in [0.15, 0.2) is 40.0 Å². The predicted molar refractivity (Wildman–Crippen MR) is 72.9 cm³/mol. The molecule has 0 radical (unpaired) electrons. The van der Waals surface area contributed by atoms with Crippen LogP contribution in [0.3, 0.4) is 0 Å². The molecular weight excluding hydrogens is 262 g/mol. The third-order valence-corrected chi connectivity index (χ3v) is 3.06. The normalized spacial score (nSPS) is 10.7. The van der Waals surface area contributed by atoms with E-state index in [0.29, 0.717) is 21.9 Å². The van der Waals surface area contributed by atoms with E-state index in [-0.39, 0.29) is 12.5 Å². The molecular formula is C13H15N3O2S. The molecule has 0 aliphatic rings. The van der Waals surface area contributed by atoms with Crippen LogP contribution in [-0.4, -0.2) is 21.4 Å². The van der Waals surface area contributed by atoms with Crippen LogP contribution in [0.1, 0.15) is 30.1 Å². The van der Waals surface area contributed by atoms with E-state index in [9.17, 15) is 4.79 Å². The number of rotatable bonds is 5. The maximum absolute atomic E-state index is 11.8. The van der Waals surface area contributed by atoms with E-state index in [2.05, 4.69) is 15.5 Å². The summed E-state index contributed by atoms with van der Waals surface area (Å²) in [4.78, 5) is 11.8. The maximum Gasteiger partial charge on any atom is 0.276 e. The molecule has 0 aliphatic carbocycles. The van der Waals surface area contributed by atoms with Gasteiger partial charge in [0.1, 0.15) is 0 Å². The summed E-state index contributed by atoms with van der Waals surface area (Å²) in [6, 6.07) is 9.01. The number of benzene rings is 1. The van der Waals surface area contributed by atoms with Crippen molar-refractivity contribution >= 4 is 17.7 Å². The highest BCUT2D eigenvalue weighted by molar-refractivity contribution is 7.99. The molecule has 2 aromatic rings. The van der Waals surface area contributed by atoms with Crippen LogP contribution in [0.4, 0.5) is 0 Å². The molecule has 19 heavy (non-hydrogen) atoms. The van der Waals surface area contributed by atoms with Crippen molar-refractivity contribution in [3.05, 3.63) is 41.8 Å². The molecule has 1 amide bonds. The first kappa shape index (κ1) is 13.6. The molecule has 1 aromatic carbocycles. The Bertz CT molecular complexity index is 540. The number of amides is 1. The molecule has 0 fully saturated rings. The van der Waals surface area contributed by atoms with Gasteiger partial charge in [0.25, 0.3) is 11.1 Å². The van der Waals surface area contributed by atoms with E-state index in [1.54, 1.807) is 12.1 Å². The SMILES string of the molecule is CC(C)Sc1nnc(CNC(=O)c2ccccc2)o1. The van der Waals surface area contributed by atoms with E-state index in [0.717, 1.165) is 0 Å². The molecule has 1 aromatic heterocycles. The van der Waals surface area contributed by atoms with Crippen molar-refractivity contribution in [1.29, 1.82) is 0 Å². The van der Waals surface area contributed by atoms with Gasteiger partial charge in [-0.3, -0.25) is 4.79 Å². The molecule has 0 atom stereocenters. The fourth-order valence-electron chi connectivity index (χ4n) is 1.41. The minimum absolute atomic E-state index is 0.156. The van der Waals surface area contributed by atoms with Crippen molar-refractivity contribution in [2.45, 2.75) is 30.9 Å². The molecule has 0 bridgehead atoms. The van der Waals surface area contributed by atoms with Crippen LogP contribution >= 0.6 is 11.8 Å². The van der Waals surface area contributed by atoms with E-state index < -0.39 is 0 Å². The first-order valence-corrected chi connectivity index (χ1v) is 6.85. The van der Waals surface area contributed by atoms with Gasteiger partial charge in [-0.05, 0) is 12.1 Å². The Balaban J connectivity index is 1.89. The number of nitrogens with zero attached hydrogens (tertiary/aromatic N) is 2. The molecule has 0 saturated heterocycles. The van der Waals surface area contributed by atoms with Gasteiger partial charge in [0, 0.05) is 10.8 Å². The number of thioether (sulfide) groups is 1. The predicted octanol–water partition coefficient (Wildman–Crippen LogP) is 2.50. The largest absolute Gasteiger partial charge is 0.414 e. The number of hydrogen-bond acceptors (Lipinski definition) is 5. The van der Waals surface area contributed by atoms with Crippen molar-refractivity contribution in [1.82, 2.24) is 15.5 Å². The molecule has 1 N–H and O–H groups in total. The molecule has 0 spiro atoms. The summed E-state index contributed by atoms with van der Waals surface area (Å²) < 4.78 is 5.41. The molecule has 1 heterocycles. The lowest BCUT2D eigenvalue weighted by molar-refractivity contribution is 0.0946. The number of carbonyl (C=O) groups is 1. The Kier molecular flexibility index (Phi) is 4.57.